The number of hydrogen-bond donors (Lipinski definition) is 2. The number of rotatable bonds is 1. The minimum atomic E-state index is -0.912. The van der Waals surface area contributed by atoms with E-state index in [-0.39, 0.29) is 22.5 Å². The quantitative estimate of drug-likeness (QED) is 0.556. The first kappa shape index (κ1) is 22.0. The second kappa shape index (κ2) is 7.63. The number of ketones is 1. The van der Waals surface area contributed by atoms with Gasteiger partial charge in [0.25, 0.3) is 0 Å². The van der Waals surface area contributed by atoms with Crippen LogP contribution in [0.3, 0.4) is 0 Å². The van der Waals surface area contributed by atoms with Gasteiger partial charge in [0.15, 0.2) is 0 Å². The predicted molar refractivity (Wildman–Crippen MR) is 126 cm³/mol. The monoisotopic (exact) mass is 434 g/mol. The summed E-state index contributed by atoms with van der Waals surface area (Å²) in [4.78, 5) is 12.4. The fraction of sp³-hybridized carbons (Fsp3) is 0.690. The lowest BCUT2D eigenvalue weighted by Crippen LogP contribution is -2.56. The molecule has 4 saturated carbocycles. The second-order valence-electron chi connectivity index (χ2n) is 12.0. The van der Waals surface area contributed by atoms with Crippen molar-refractivity contribution in [2.24, 2.45) is 40.4 Å². The Morgan fingerprint density at radius 3 is 2.38 bits per heavy atom. The molecular formula is C29H38O3. The molecule has 0 radical (unpaired) electrons. The summed E-state index contributed by atoms with van der Waals surface area (Å²) in [6.45, 7) is 6.73. The number of aromatic hydroxyl groups is 1. The van der Waals surface area contributed by atoms with Crippen LogP contribution in [0.2, 0.25) is 0 Å². The van der Waals surface area contributed by atoms with Crippen molar-refractivity contribution in [1.29, 1.82) is 0 Å². The second-order valence-corrected chi connectivity index (χ2v) is 12.0. The molecule has 0 spiro atoms. The number of carbonyl (C=O) groups excluding carboxylic acids is 1. The summed E-state index contributed by atoms with van der Waals surface area (Å²) in [7, 11) is 0. The summed E-state index contributed by atoms with van der Waals surface area (Å²) >= 11 is 0. The largest absolute Gasteiger partial charge is 0.508 e. The topological polar surface area (TPSA) is 57.5 Å². The van der Waals surface area contributed by atoms with Crippen LogP contribution in [0, 0.1) is 52.3 Å². The molecule has 3 heteroatoms. The number of phenols is 1. The highest BCUT2D eigenvalue weighted by Crippen LogP contribution is 2.68. The summed E-state index contributed by atoms with van der Waals surface area (Å²) in [5, 5.41) is 20.8. The van der Waals surface area contributed by atoms with Crippen molar-refractivity contribution in [3.63, 3.8) is 0 Å². The van der Waals surface area contributed by atoms with E-state index < -0.39 is 5.60 Å². The fourth-order valence-electron chi connectivity index (χ4n) is 8.76. The average molecular weight is 435 g/mol. The lowest BCUT2D eigenvalue weighted by molar-refractivity contribution is -0.144. The minimum absolute atomic E-state index is 0.210. The molecule has 3 unspecified atom stereocenters. The smallest absolute Gasteiger partial charge is 0.133 e. The molecule has 4 aliphatic carbocycles. The molecule has 5 rings (SSSR count). The summed E-state index contributed by atoms with van der Waals surface area (Å²) < 4.78 is 0. The van der Waals surface area contributed by atoms with Gasteiger partial charge in [0, 0.05) is 11.5 Å². The highest BCUT2D eigenvalue weighted by molar-refractivity contribution is 5.79. The molecule has 4 aliphatic rings. The molecule has 0 aliphatic heterocycles. The summed E-state index contributed by atoms with van der Waals surface area (Å²) in [6, 6.07) is 6.89. The minimum Gasteiger partial charge on any atom is -0.508 e. The van der Waals surface area contributed by atoms with Crippen molar-refractivity contribution in [2.75, 3.05) is 0 Å². The van der Waals surface area contributed by atoms with Crippen LogP contribution in [0.15, 0.2) is 24.3 Å². The van der Waals surface area contributed by atoms with Crippen molar-refractivity contribution < 1.29 is 15.0 Å². The first-order chi connectivity index (χ1) is 15.1. The highest BCUT2D eigenvalue weighted by Gasteiger charge is 2.61. The van der Waals surface area contributed by atoms with E-state index in [2.05, 4.69) is 25.7 Å². The number of fused-ring (bicyclic) bond motifs is 5. The number of aliphatic hydroxyl groups is 1. The molecule has 0 bridgehead atoms. The maximum atomic E-state index is 12.4. The van der Waals surface area contributed by atoms with E-state index in [0.29, 0.717) is 17.6 Å². The van der Waals surface area contributed by atoms with Crippen LogP contribution >= 0.6 is 0 Å². The Balaban J connectivity index is 1.34. The molecule has 0 saturated heterocycles. The van der Waals surface area contributed by atoms with E-state index in [1.54, 1.807) is 24.3 Å². The highest BCUT2D eigenvalue weighted by atomic mass is 16.3. The SMILES string of the molecule is CC(=O)[C@H]1CCC2C3CC[C@@H]4C[C@@](O)(C#Cc5ccc(O)cc5)CC[C@]4(C)C3CC[C@@]21C. The molecule has 172 valence electrons. The molecule has 1 aromatic rings. The fourth-order valence-corrected chi connectivity index (χ4v) is 8.76. The lowest BCUT2D eigenvalue weighted by atomic mass is 9.44. The van der Waals surface area contributed by atoms with Gasteiger partial charge in [0.1, 0.15) is 17.1 Å². The number of phenolic OH excluding ortho intramolecular Hbond substituents is 1. The van der Waals surface area contributed by atoms with Crippen LogP contribution in [0.4, 0.5) is 0 Å². The van der Waals surface area contributed by atoms with Crippen LogP contribution in [-0.2, 0) is 4.79 Å². The first-order valence-corrected chi connectivity index (χ1v) is 12.7. The van der Waals surface area contributed by atoms with Gasteiger partial charge >= 0.3 is 0 Å². The molecule has 0 aromatic heterocycles. The summed E-state index contributed by atoms with van der Waals surface area (Å²) in [6.07, 6.45) is 9.73. The molecular weight excluding hydrogens is 396 g/mol. The van der Waals surface area contributed by atoms with Gasteiger partial charge in [-0.15, -0.1) is 0 Å². The van der Waals surface area contributed by atoms with Gasteiger partial charge in [-0.1, -0.05) is 25.7 Å². The maximum absolute atomic E-state index is 12.4. The normalized spacial score (nSPS) is 45.1. The van der Waals surface area contributed by atoms with Gasteiger partial charge in [-0.25, -0.2) is 0 Å². The van der Waals surface area contributed by atoms with E-state index >= 15 is 0 Å². The molecule has 3 nitrogen and oxygen atoms in total. The van der Waals surface area contributed by atoms with E-state index in [4.69, 9.17) is 0 Å². The van der Waals surface area contributed by atoms with Gasteiger partial charge in [-0.2, -0.15) is 0 Å². The molecule has 32 heavy (non-hydrogen) atoms. The van der Waals surface area contributed by atoms with Crippen LogP contribution < -0.4 is 0 Å². The third kappa shape index (κ3) is 3.41. The molecule has 2 N–H and O–H groups in total. The Labute approximate surface area is 193 Å². The number of benzene rings is 1. The van der Waals surface area contributed by atoms with E-state index in [0.717, 1.165) is 43.1 Å². The van der Waals surface area contributed by atoms with Crippen LogP contribution in [0.25, 0.3) is 0 Å². The first-order valence-electron chi connectivity index (χ1n) is 12.7. The number of Topliss-reactive ketones (excluding diaryl/α,β-unsaturated/α-hetero) is 1. The maximum Gasteiger partial charge on any atom is 0.133 e. The molecule has 8 atom stereocenters. The Bertz CT molecular complexity index is 955. The average Bonchev–Trinajstić information content (AvgIpc) is 3.12. The standard InChI is InChI=1S/C29H38O3/c1-19(30)24-10-11-25-23-9-6-21-18-29(32,15-12-20-4-7-22(31)8-5-20)17-16-27(21,2)26(23)13-14-28(24,25)3/h4-5,7-8,21,23-26,31-32H,6,9-11,13-14,16-18H2,1-3H3/t21-,23?,24-,25?,26?,27+,28-,29-/m1/s1. The summed E-state index contributed by atoms with van der Waals surface area (Å²) in [5.74, 6) is 9.95. The molecule has 1 aromatic carbocycles. The third-order valence-corrected chi connectivity index (χ3v) is 10.5. The third-order valence-electron chi connectivity index (χ3n) is 10.5. The lowest BCUT2D eigenvalue weighted by Gasteiger charge is -2.61. The van der Waals surface area contributed by atoms with Gasteiger partial charge in [-0.3, -0.25) is 4.79 Å². The zero-order valence-corrected chi connectivity index (χ0v) is 19.9. The van der Waals surface area contributed by atoms with Gasteiger partial charge in [-0.05, 0) is 123 Å². The zero-order valence-electron chi connectivity index (χ0n) is 19.9. The zero-order chi connectivity index (χ0) is 22.7. The van der Waals surface area contributed by atoms with E-state index in [1.807, 2.05) is 6.92 Å². The molecule has 0 heterocycles. The van der Waals surface area contributed by atoms with Crippen molar-refractivity contribution in [3.05, 3.63) is 29.8 Å². The Morgan fingerprint density at radius 2 is 1.66 bits per heavy atom. The van der Waals surface area contributed by atoms with Crippen LogP contribution in [0.5, 0.6) is 5.75 Å². The molecule has 0 amide bonds. The van der Waals surface area contributed by atoms with Gasteiger partial charge in [0.2, 0.25) is 0 Å². The van der Waals surface area contributed by atoms with Crippen molar-refractivity contribution >= 4 is 5.78 Å². The van der Waals surface area contributed by atoms with Crippen molar-refractivity contribution in [3.8, 4) is 17.6 Å². The Kier molecular flexibility index (Phi) is 5.25. The van der Waals surface area contributed by atoms with Crippen LogP contribution in [0.1, 0.15) is 84.1 Å². The summed E-state index contributed by atoms with van der Waals surface area (Å²) in [5.41, 5.74) is 0.415. The van der Waals surface area contributed by atoms with Gasteiger partial charge < -0.3 is 10.2 Å². The van der Waals surface area contributed by atoms with E-state index in [9.17, 15) is 15.0 Å². The number of hydrogen-bond acceptors (Lipinski definition) is 3. The van der Waals surface area contributed by atoms with Gasteiger partial charge in [0.05, 0.1) is 0 Å². The number of carbonyl (C=O) groups is 1. The Hall–Kier alpha value is -1.79. The van der Waals surface area contributed by atoms with E-state index in [1.165, 1.54) is 32.1 Å². The van der Waals surface area contributed by atoms with Crippen molar-refractivity contribution in [2.45, 2.75) is 84.2 Å². The van der Waals surface area contributed by atoms with Crippen molar-refractivity contribution in [1.82, 2.24) is 0 Å². The molecule has 4 fully saturated rings. The Morgan fingerprint density at radius 1 is 0.938 bits per heavy atom. The van der Waals surface area contributed by atoms with Crippen LogP contribution in [-0.4, -0.2) is 21.6 Å². The predicted octanol–water partition coefficient (Wildman–Crippen LogP) is 5.72.